The molecule has 4 heteroatoms. The van der Waals surface area contributed by atoms with Gasteiger partial charge in [-0.3, -0.25) is 0 Å². The van der Waals surface area contributed by atoms with E-state index in [1.807, 2.05) is 6.07 Å². The van der Waals surface area contributed by atoms with Crippen molar-refractivity contribution in [3.8, 4) is 0 Å². The minimum Gasteiger partial charge on any atom is -0.342 e. The normalized spacial score (nSPS) is 17.6. The lowest BCUT2D eigenvalue weighted by Gasteiger charge is -2.25. The number of hydrogen-bond acceptors (Lipinski definition) is 3. The Kier molecular flexibility index (Phi) is 4.05. The van der Waals surface area contributed by atoms with E-state index < -0.39 is 0 Å². The maximum atomic E-state index is 5.30. The molecule has 0 aromatic carbocycles. The number of H-pyrrole nitrogens is 1. The molecule has 1 N–H and O–H groups in total. The summed E-state index contributed by atoms with van der Waals surface area (Å²) >= 11 is 5.30. The van der Waals surface area contributed by atoms with Gasteiger partial charge >= 0.3 is 0 Å². The Morgan fingerprint density at radius 2 is 1.78 bits per heavy atom. The Bertz CT molecular complexity index is 451. The number of rotatable bonds is 1. The molecule has 0 bridgehead atoms. The summed E-state index contributed by atoms with van der Waals surface area (Å²) in [6.07, 6.45) is 5.16. The molecule has 0 saturated carbocycles. The lowest BCUT2D eigenvalue weighted by molar-refractivity contribution is 0.564. The molecular weight excluding hydrogens is 242 g/mol. The van der Waals surface area contributed by atoms with Gasteiger partial charge in [-0.1, -0.05) is 45.8 Å². The average Bonchev–Trinajstić information content (AvgIpc) is 2.55. The second kappa shape index (κ2) is 5.39. The highest BCUT2D eigenvalue weighted by molar-refractivity contribution is 7.71. The highest BCUT2D eigenvalue weighted by Gasteiger charge is 2.18. The summed E-state index contributed by atoms with van der Waals surface area (Å²) in [6.45, 7) is 8.76. The molecule has 100 valence electrons. The summed E-state index contributed by atoms with van der Waals surface area (Å²) in [5.74, 6) is 0.953. The fourth-order valence-electron chi connectivity index (χ4n) is 2.28. The molecule has 3 nitrogen and oxygen atoms in total. The van der Waals surface area contributed by atoms with Crippen molar-refractivity contribution in [2.45, 2.75) is 51.9 Å². The van der Waals surface area contributed by atoms with Gasteiger partial charge in [0.25, 0.3) is 0 Å². The molecule has 0 amide bonds. The van der Waals surface area contributed by atoms with Crippen molar-refractivity contribution in [3.63, 3.8) is 0 Å². The Morgan fingerprint density at radius 1 is 1.17 bits per heavy atom. The first-order valence-electron chi connectivity index (χ1n) is 6.83. The summed E-state index contributed by atoms with van der Waals surface area (Å²) in [5.41, 5.74) is 1.25. The van der Waals surface area contributed by atoms with Gasteiger partial charge < -0.3 is 9.88 Å². The molecule has 0 unspecified atom stereocenters. The van der Waals surface area contributed by atoms with Crippen molar-refractivity contribution in [2.24, 2.45) is 0 Å². The van der Waals surface area contributed by atoms with Crippen LogP contribution in [0.2, 0.25) is 0 Å². The maximum Gasteiger partial charge on any atom is 0.204 e. The largest absolute Gasteiger partial charge is 0.342 e. The average molecular weight is 265 g/mol. The Balaban J connectivity index is 2.32. The van der Waals surface area contributed by atoms with E-state index >= 15 is 0 Å². The molecule has 1 aliphatic heterocycles. The van der Waals surface area contributed by atoms with E-state index in [-0.39, 0.29) is 5.41 Å². The third-order valence-electron chi connectivity index (χ3n) is 3.44. The second-order valence-electron chi connectivity index (χ2n) is 6.11. The third kappa shape index (κ3) is 3.31. The van der Waals surface area contributed by atoms with Crippen LogP contribution in [0.4, 0.5) is 5.95 Å². The summed E-state index contributed by atoms with van der Waals surface area (Å²) in [4.78, 5) is 10.3. The van der Waals surface area contributed by atoms with E-state index in [0.717, 1.165) is 19.0 Å². The van der Waals surface area contributed by atoms with E-state index in [0.29, 0.717) is 4.64 Å². The van der Waals surface area contributed by atoms with E-state index in [4.69, 9.17) is 12.2 Å². The lowest BCUT2D eigenvalue weighted by Crippen LogP contribution is -2.27. The van der Waals surface area contributed by atoms with Gasteiger partial charge in [0.2, 0.25) is 5.95 Å². The Hall–Kier alpha value is -0.900. The topological polar surface area (TPSA) is 31.9 Å². The molecule has 0 spiro atoms. The van der Waals surface area contributed by atoms with Gasteiger partial charge in [-0.05, 0) is 18.9 Å². The Morgan fingerprint density at radius 3 is 2.33 bits per heavy atom. The number of hydrogen-bond donors (Lipinski definition) is 1. The Labute approximate surface area is 115 Å². The van der Waals surface area contributed by atoms with Gasteiger partial charge in [0.1, 0.15) is 4.64 Å². The van der Waals surface area contributed by atoms with Crippen LogP contribution in [0, 0.1) is 4.64 Å². The van der Waals surface area contributed by atoms with Crippen LogP contribution in [-0.4, -0.2) is 23.1 Å². The molecule has 18 heavy (non-hydrogen) atoms. The molecule has 0 aliphatic carbocycles. The van der Waals surface area contributed by atoms with Crippen molar-refractivity contribution < 1.29 is 0 Å². The summed E-state index contributed by atoms with van der Waals surface area (Å²) in [7, 11) is 0. The standard InChI is InChI=1S/C14H23N3S/c1-14(2,3)11-10-12(18)16-13(15-11)17-8-6-4-5-7-9-17/h10H,4-9H2,1-3H3,(H,15,16,18). The quantitative estimate of drug-likeness (QED) is 0.783. The van der Waals surface area contributed by atoms with Crippen LogP contribution >= 0.6 is 12.2 Å². The van der Waals surface area contributed by atoms with Crippen LogP contribution in [0.3, 0.4) is 0 Å². The first-order valence-corrected chi connectivity index (χ1v) is 7.24. The van der Waals surface area contributed by atoms with Crippen LogP contribution in [0.5, 0.6) is 0 Å². The van der Waals surface area contributed by atoms with E-state index in [1.165, 1.54) is 31.4 Å². The summed E-state index contributed by atoms with van der Waals surface area (Å²) < 4.78 is 0.693. The zero-order chi connectivity index (χ0) is 13.2. The van der Waals surface area contributed by atoms with Crippen LogP contribution < -0.4 is 4.90 Å². The number of anilines is 1. The minimum atomic E-state index is 0.0805. The molecule has 1 fully saturated rings. The zero-order valence-corrected chi connectivity index (χ0v) is 12.4. The van der Waals surface area contributed by atoms with Crippen molar-refractivity contribution in [1.29, 1.82) is 0 Å². The van der Waals surface area contributed by atoms with Gasteiger partial charge in [0, 0.05) is 24.2 Å². The third-order valence-corrected chi connectivity index (χ3v) is 3.65. The number of nitrogens with one attached hydrogen (secondary N) is 1. The SMILES string of the molecule is CC(C)(C)c1cc(=S)nc(N2CCCCCC2)[nH]1. The van der Waals surface area contributed by atoms with Crippen LogP contribution in [0.25, 0.3) is 0 Å². The number of aromatic nitrogens is 2. The first-order chi connectivity index (χ1) is 8.47. The van der Waals surface area contributed by atoms with Crippen LogP contribution in [0.1, 0.15) is 52.1 Å². The molecule has 1 aromatic rings. The van der Waals surface area contributed by atoms with Crippen molar-refractivity contribution in [1.82, 2.24) is 9.97 Å². The van der Waals surface area contributed by atoms with E-state index in [1.54, 1.807) is 0 Å². The van der Waals surface area contributed by atoms with Crippen LogP contribution in [0.15, 0.2) is 6.07 Å². The second-order valence-corrected chi connectivity index (χ2v) is 6.53. The maximum absolute atomic E-state index is 5.30. The smallest absolute Gasteiger partial charge is 0.204 e. The molecule has 1 saturated heterocycles. The molecule has 2 heterocycles. The van der Waals surface area contributed by atoms with Crippen molar-refractivity contribution in [3.05, 3.63) is 16.4 Å². The molecular formula is C14H23N3S. The molecule has 1 aliphatic rings. The fourth-order valence-corrected chi connectivity index (χ4v) is 2.49. The first kappa shape index (κ1) is 13.5. The monoisotopic (exact) mass is 265 g/mol. The predicted molar refractivity (Wildman–Crippen MR) is 78.8 cm³/mol. The number of aromatic amines is 1. The summed E-state index contributed by atoms with van der Waals surface area (Å²) in [6, 6.07) is 1.98. The zero-order valence-electron chi connectivity index (χ0n) is 11.6. The van der Waals surface area contributed by atoms with Gasteiger partial charge in [-0.2, -0.15) is 0 Å². The molecule has 0 atom stereocenters. The van der Waals surface area contributed by atoms with Crippen LogP contribution in [-0.2, 0) is 5.41 Å². The lowest BCUT2D eigenvalue weighted by atomic mass is 9.92. The molecule has 2 rings (SSSR count). The number of nitrogens with zero attached hydrogens (tertiary/aromatic N) is 2. The van der Waals surface area contributed by atoms with E-state index in [9.17, 15) is 0 Å². The highest BCUT2D eigenvalue weighted by Crippen LogP contribution is 2.23. The highest BCUT2D eigenvalue weighted by atomic mass is 32.1. The van der Waals surface area contributed by atoms with Crippen molar-refractivity contribution >= 4 is 18.2 Å². The minimum absolute atomic E-state index is 0.0805. The van der Waals surface area contributed by atoms with E-state index in [2.05, 4.69) is 35.6 Å². The molecule has 0 radical (unpaired) electrons. The molecule has 1 aromatic heterocycles. The van der Waals surface area contributed by atoms with Gasteiger partial charge in [-0.25, -0.2) is 4.98 Å². The van der Waals surface area contributed by atoms with Gasteiger partial charge in [0.05, 0.1) is 0 Å². The fraction of sp³-hybridized carbons (Fsp3) is 0.714. The van der Waals surface area contributed by atoms with Gasteiger partial charge in [0.15, 0.2) is 0 Å². The predicted octanol–water partition coefficient (Wildman–Crippen LogP) is 3.82. The van der Waals surface area contributed by atoms with Gasteiger partial charge in [-0.15, -0.1) is 0 Å². The van der Waals surface area contributed by atoms with Crippen molar-refractivity contribution in [2.75, 3.05) is 18.0 Å². The summed E-state index contributed by atoms with van der Waals surface area (Å²) in [5, 5.41) is 0.